The number of nitrogens with zero attached hydrogens (tertiary/aromatic N) is 4. The molecule has 7 heteroatoms. The second-order valence-electron chi connectivity index (χ2n) is 5.44. The Kier molecular flexibility index (Phi) is 4.36. The van der Waals surface area contributed by atoms with Crippen LogP contribution in [-0.2, 0) is 7.05 Å². The zero-order valence-electron chi connectivity index (χ0n) is 12.2. The maximum absolute atomic E-state index is 12.4. The van der Waals surface area contributed by atoms with E-state index in [1.54, 1.807) is 7.05 Å². The lowest BCUT2D eigenvalue weighted by Gasteiger charge is -2.32. The Labute approximate surface area is 138 Å². The molecule has 22 heavy (non-hydrogen) atoms. The summed E-state index contributed by atoms with van der Waals surface area (Å²) < 4.78 is 1.50. The summed E-state index contributed by atoms with van der Waals surface area (Å²) in [6.45, 7) is 1.35. The fourth-order valence-corrected chi connectivity index (χ4v) is 3.62. The molecule has 1 aliphatic heterocycles. The molecule has 0 N–H and O–H groups in total. The number of aromatic nitrogens is 3. The minimum Gasteiger partial charge on any atom is -0.337 e. The highest BCUT2D eigenvalue weighted by Crippen LogP contribution is 2.37. The largest absolute Gasteiger partial charge is 0.337 e. The molecule has 0 aliphatic carbocycles. The summed E-state index contributed by atoms with van der Waals surface area (Å²) in [5, 5.41) is 8.96. The highest BCUT2D eigenvalue weighted by molar-refractivity contribution is 6.36. The number of amides is 1. The lowest BCUT2D eigenvalue weighted by Crippen LogP contribution is -2.38. The van der Waals surface area contributed by atoms with Crippen LogP contribution < -0.4 is 0 Å². The van der Waals surface area contributed by atoms with Gasteiger partial charge in [-0.3, -0.25) is 4.79 Å². The molecule has 2 aromatic rings. The van der Waals surface area contributed by atoms with Crippen LogP contribution in [0.15, 0.2) is 24.4 Å². The number of carbonyl (C=O) groups is 1. The first-order valence-electron chi connectivity index (χ1n) is 7.16. The number of likely N-dealkylation sites (tertiary alicyclic amines) is 1. The summed E-state index contributed by atoms with van der Waals surface area (Å²) in [6.07, 6.45) is 3.19. The summed E-state index contributed by atoms with van der Waals surface area (Å²) >= 11 is 12.6. The maximum Gasteiger partial charge on any atom is 0.273 e. The summed E-state index contributed by atoms with van der Waals surface area (Å²) in [5.74, 6) is 0.256. The van der Waals surface area contributed by atoms with Gasteiger partial charge in [0, 0.05) is 30.2 Å². The van der Waals surface area contributed by atoms with Gasteiger partial charge in [0.05, 0.1) is 6.20 Å². The van der Waals surface area contributed by atoms with E-state index in [1.807, 2.05) is 23.1 Å². The molecule has 1 saturated heterocycles. The van der Waals surface area contributed by atoms with Crippen molar-refractivity contribution in [2.45, 2.75) is 18.8 Å². The Morgan fingerprint density at radius 1 is 1.23 bits per heavy atom. The first-order valence-corrected chi connectivity index (χ1v) is 7.91. The molecule has 1 aromatic heterocycles. The van der Waals surface area contributed by atoms with Gasteiger partial charge in [0.25, 0.3) is 5.91 Å². The van der Waals surface area contributed by atoms with Crippen molar-refractivity contribution in [1.82, 2.24) is 19.9 Å². The van der Waals surface area contributed by atoms with Crippen LogP contribution in [0.5, 0.6) is 0 Å². The molecular weight excluding hydrogens is 323 g/mol. The van der Waals surface area contributed by atoms with Crippen molar-refractivity contribution in [3.05, 3.63) is 45.7 Å². The van der Waals surface area contributed by atoms with Gasteiger partial charge in [-0.1, -0.05) is 34.5 Å². The zero-order chi connectivity index (χ0) is 15.7. The molecule has 0 spiro atoms. The van der Waals surface area contributed by atoms with Gasteiger partial charge in [-0.15, -0.1) is 5.10 Å². The topological polar surface area (TPSA) is 51.0 Å². The van der Waals surface area contributed by atoms with Crippen molar-refractivity contribution in [1.29, 1.82) is 0 Å². The first kappa shape index (κ1) is 15.3. The van der Waals surface area contributed by atoms with E-state index >= 15 is 0 Å². The molecule has 1 aliphatic rings. The number of halogens is 2. The van der Waals surface area contributed by atoms with E-state index in [4.69, 9.17) is 23.2 Å². The first-order chi connectivity index (χ1) is 10.6. The Morgan fingerprint density at radius 3 is 2.41 bits per heavy atom. The van der Waals surface area contributed by atoms with Gasteiger partial charge < -0.3 is 4.90 Å². The summed E-state index contributed by atoms with van der Waals surface area (Å²) in [7, 11) is 1.72. The van der Waals surface area contributed by atoms with Crippen molar-refractivity contribution < 1.29 is 4.79 Å². The van der Waals surface area contributed by atoms with Gasteiger partial charge in [-0.05, 0) is 36.5 Å². The fraction of sp³-hybridized carbons (Fsp3) is 0.400. The summed E-state index contributed by atoms with van der Waals surface area (Å²) in [5.41, 5.74) is 1.51. The molecule has 0 saturated carbocycles. The molecular formula is C15H16Cl2N4O. The average Bonchev–Trinajstić information content (AvgIpc) is 2.93. The third kappa shape index (κ3) is 2.83. The monoisotopic (exact) mass is 338 g/mol. The Hall–Kier alpha value is -1.59. The molecule has 5 nitrogen and oxygen atoms in total. The standard InChI is InChI=1S/C15H16Cl2N4O/c1-20-13(9-18-19-20)15(22)21-7-5-10(6-8-21)14-11(16)3-2-4-12(14)17/h2-4,9-10H,5-8H2,1H3. The predicted molar refractivity (Wildman–Crippen MR) is 85.3 cm³/mol. The van der Waals surface area contributed by atoms with Gasteiger partial charge in [-0.2, -0.15) is 0 Å². The second kappa shape index (κ2) is 6.26. The molecule has 1 amide bonds. The van der Waals surface area contributed by atoms with E-state index in [9.17, 15) is 4.79 Å². The highest BCUT2D eigenvalue weighted by Gasteiger charge is 2.28. The SMILES string of the molecule is Cn1nncc1C(=O)N1CCC(c2c(Cl)cccc2Cl)CC1. The van der Waals surface area contributed by atoms with Crippen molar-refractivity contribution in [2.24, 2.45) is 7.05 Å². The van der Waals surface area contributed by atoms with Gasteiger partial charge in [0.1, 0.15) is 5.69 Å². The van der Waals surface area contributed by atoms with E-state index in [2.05, 4.69) is 10.3 Å². The third-order valence-corrected chi connectivity index (χ3v) is 4.78. The zero-order valence-corrected chi connectivity index (χ0v) is 13.7. The number of rotatable bonds is 2. The summed E-state index contributed by atoms with van der Waals surface area (Å²) in [4.78, 5) is 14.3. The quantitative estimate of drug-likeness (QED) is 0.845. The van der Waals surface area contributed by atoms with Crippen LogP contribution in [0.4, 0.5) is 0 Å². The predicted octanol–water partition coefficient (Wildman–Crippen LogP) is 3.14. The lowest BCUT2D eigenvalue weighted by atomic mass is 9.89. The number of carbonyl (C=O) groups excluding carboxylic acids is 1. The van der Waals surface area contributed by atoms with Crippen LogP contribution in [0.1, 0.15) is 34.8 Å². The normalized spacial score (nSPS) is 16.0. The highest BCUT2D eigenvalue weighted by atomic mass is 35.5. The Balaban J connectivity index is 1.71. The molecule has 0 radical (unpaired) electrons. The van der Waals surface area contributed by atoms with E-state index in [0.717, 1.165) is 18.4 Å². The van der Waals surface area contributed by atoms with E-state index in [1.165, 1.54) is 10.9 Å². The fourth-order valence-electron chi connectivity index (χ4n) is 2.92. The third-order valence-electron chi connectivity index (χ3n) is 4.12. The van der Waals surface area contributed by atoms with Crippen LogP contribution in [0.25, 0.3) is 0 Å². The van der Waals surface area contributed by atoms with Crippen molar-refractivity contribution in [3.63, 3.8) is 0 Å². The molecule has 0 atom stereocenters. The number of benzene rings is 1. The second-order valence-corrected chi connectivity index (χ2v) is 6.26. The minimum atomic E-state index is -0.0313. The molecule has 2 heterocycles. The van der Waals surface area contributed by atoms with E-state index in [-0.39, 0.29) is 11.8 Å². The van der Waals surface area contributed by atoms with Gasteiger partial charge in [0.15, 0.2) is 0 Å². The van der Waals surface area contributed by atoms with Crippen LogP contribution in [-0.4, -0.2) is 38.9 Å². The maximum atomic E-state index is 12.4. The van der Waals surface area contributed by atoms with Crippen LogP contribution in [0.2, 0.25) is 10.0 Å². The number of hydrogen-bond donors (Lipinski definition) is 0. The Bertz CT molecular complexity index is 672. The molecule has 0 bridgehead atoms. The van der Waals surface area contributed by atoms with Gasteiger partial charge in [-0.25, -0.2) is 4.68 Å². The smallest absolute Gasteiger partial charge is 0.273 e. The van der Waals surface area contributed by atoms with E-state index in [0.29, 0.717) is 28.8 Å². The van der Waals surface area contributed by atoms with Crippen molar-refractivity contribution >= 4 is 29.1 Å². The van der Waals surface area contributed by atoms with Crippen LogP contribution in [0.3, 0.4) is 0 Å². The lowest BCUT2D eigenvalue weighted by molar-refractivity contribution is 0.0702. The number of hydrogen-bond acceptors (Lipinski definition) is 3. The number of piperidine rings is 1. The minimum absolute atomic E-state index is 0.0313. The molecule has 3 rings (SSSR count). The molecule has 1 aromatic carbocycles. The number of aryl methyl sites for hydroxylation is 1. The average molecular weight is 339 g/mol. The summed E-state index contributed by atoms with van der Waals surface area (Å²) in [6, 6.07) is 5.57. The van der Waals surface area contributed by atoms with Crippen molar-refractivity contribution in [2.75, 3.05) is 13.1 Å². The van der Waals surface area contributed by atoms with E-state index < -0.39 is 0 Å². The van der Waals surface area contributed by atoms with Gasteiger partial charge in [0.2, 0.25) is 0 Å². The van der Waals surface area contributed by atoms with Gasteiger partial charge >= 0.3 is 0 Å². The molecule has 0 unspecified atom stereocenters. The molecule has 1 fully saturated rings. The Morgan fingerprint density at radius 2 is 1.86 bits per heavy atom. The van der Waals surface area contributed by atoms with Crippen LogP contribution >= 0.6 is 23.2 Å². The van der Waals surface area contributed by atoms with Crippen molar-refractivity contribution in [3.8, 4) is 0 Å². The molecule has 116 valence electrons. The van der Waals surface area contributed by atoms with Crippen LogP contribution in [0, 0.1) is 0 Å².